The summed E-state index contributed by atoms with van der Waals surface area (Å²) in [5, 5.41) is 0. The molecule has 0 saturated heterocycles. The first kappa shape index (κ1) is 13.1. The van der Waals surface area contributed by atoms with E-state index in [0.29, 0.717) is 6.54 Å². The second-order valence-electron chi connectivity index (χ2n) is 4.91. The van der Waals surface area contributed by atoms with Crippen LogP contribution in [0.5, 0.6) is 0 Å². The summed E-state index contributed by atoms with van der Waals surface area (Å²) in [5.74, 6) is -1.11. The fraction of sp³-hybridized carbons (Fsp3) is 0.571. The van der Waals surface area contributed by atoms with E-state index in [0.717, 1.165) is 25.7 Å². The molecule has 0 aliphatic heterocycles. The van der Waals surface area contributed by atoms with Crippen molar-refractivity contribution < 1.29 is 8.78 Å². The number of anilines is 2. The smallest absolute Gasteiger partial charge is 0.151 e. The van der Waals surface area contributed by atoms with Crippen LogP contribution in [0.1, 0.15) is 39.0 Å². The molecule has 0 heterocycles. The molecule has 0 unspecified atom stereocenters. The highest BCUT2D eigenvalue weighted by atomic mass is 19.1. The lowest BCUT2D eigenvalue weighted by Crippen LogP contribution is -2.37. The first-order valence-corrected chi connectivity index (χ1v) is 6.64. The zero-order valence-electron chi connectivity index (χ0n) is 10.8. The molecule has 4 heteroatoms. The summed E-state index contributed by atoms with van der Waals surface area (Å²) in [6.07, 6.45) is 5.52. The van der Waals surface area contributed by atoms with E-state index >= 15 is 0 Å². The molecule has 0 aromatic heterocycles. The van der Waals surface area contributed by atoms with Gasteiger partial charge in [0, 0.05) is 18.3 Å². The van der Waals surface area contributed by atoms with Crippen LogP contribution in [0, 0.1) is 11.6 Å². The summed E-state index contributed by atoms with van der Waals surface area (Å²) in [6.45, 7) is 2.55. The second-order valence-corrected chi connectivity index (χ2v) is 4.91. The summed E-state index contributed by atoms with van der Waals surface area (Å²) >= 11 is 0. The molecule has 100 valence electrons. The Bertz CT molecular complexity index is 391. The van der Waals surface area contributed by atoms with Crippen LogP contribution in [0.25, 0.3) is 0 Å². The minimum absolute atomic E-state index is 0.0820. The third kappa shape index (κ3) is 2.57. The highest BCUT2D eigenvalue weighted by molar-refractivity contribution is 5.56. The lowest BCUT2D eigenvalue weighted by atomic mass is 9.93. The maximum atomic E-state index is 13.9. The Morgan fingerprint density at radius 1 is 1.17 bits per heavy atom. The number of hydrogen-bond donors (Lipinski definition) is 1. The highest BCUT2D eigenvalue weighted by Gasteiger charge is 2.25. The normalized spacial score (nSPS) is 16.8. The second kappa shape index (κ2) is 5.55. The molecule has 18 heavy (non-hydrogen) atoms. The molecule has 1 saturated carbocycles. The van der Waals surface area contributed by atoms with E-state index in [4.69, 9.17) is 5.73 Å². The van der Waals surface area contributed by atoms with Gasteiger partial charge in [-0.2, -0.15) is 0 Å². The molecule has 1 aliphatic carbocycles. The molecule has 0 amide bonds. The molecular weight excluding hydrogens is 234 g/mol. The highest BCUT2D eigenvalue weighted by Crippen LogP contribution is 2.32. The zero-order chi connectivity index (χ0) is 13.1. The number of rotatable bonds is 3. The number of halogens is 2. The molecule has 0 bridgehead atoms. The maximum absolute atomic E-state index is 13.9. The van der Waals surface area contributed by atoms with E-state index in [2.05, 4.69) is 0 Å². The molecule has 0 atom stereocenters. The van der Waals surface area contributed by atoms with E-state index in [1.54, 1.807) is 0 Å². The quantitative estimate of drug-likeness (QED) is 0.833. The van der Waals surface area contributed by atoms with Gasteiger partial charge in [-0.15, -0.1) is 0 Å². The predicted molar refractivity (Wildman–Crippen MR) is 70.7 cm³/mol. The van der Waals surface area contributed by atoms with E-state index < -0.39 is 11.6 Å². The summed E-state index contributed by atoms with van der Waals surface area (Å²) in [6, 6.07) is 2.64. The van der Waals surface area contributed by atoms with Crippen molar-refractivity contribution >= 4 is 11.4 Å². The average molecular weight is 254 g/mol. The average Bonchev–Trinajstić information content (AvgIpc) is 2.34. The van der Waals surface area contributed by atoms with Crippen LogP contribution in [-0.4, -0.2) is 12.6 Å². The largest absolute Gasteiger partial charge is 0.399 e. The van der Waals surface area contributed by atoms with Crippen LogP contribution < -0.4 is 10.6 Å². The summed E-state index contributed by atoms with van der Waals surface area (Å²) in [4.78, 5) is 1.85. The molecule has 1 aliphatic rings. The van der Waals surface area contributed by atoms with Crippen molar-refractivity contribution in [2.24, 2.45) is 0 Å². The van der Waals surface area contributed by atoms with Gasteiger partial charge in [-0.3, -0.25) is 0 Å². The van der Waals surface area contributed by atoms with Crippen LogP contribution in [0.4, 0.5) is 20.2 Å². The van der Waals surface area contributed by atoms with E-state index in [9.17, 15) is 8.78 Å². The van der Waals surface area contributed by atoms with Gasteiger partial charge in [0.2, 0.25) is 0 Å². The lowest BCUT2D eigenvalue weighted by Gasteiger charge is -2.35. The predicted octanol–water partition coefficient (Wildman–Crippen LogP) is 3.71. The molecule has 1 aromatic rings. The first-order chi connectivity index (χ1) is 8.63. The Labute approximate surface area is 107 Å². The van der Waals surface area contributed by atoms with Gasteiger partial charge < -0.3 is 10.6 Å². The Kier molecular flexibility index (Phi) is 4.04. The summed E-state index contributed by atoms with van der Waals surface area (Å²) < 4.78 is 27.9. The van der Waals surface area contributed by atoms with Crippen molar-refractivity contribution in [1.29, 1.82) is 0 Å². The lowest BCUT2D eigenvalue weighted by molar-refractivity contribution is 0.410. The Morgan fingerprint density at radius 2 is 1.72 bits per heavy atom. The van der Waals surface area contributed by atoms with Gasteiger partial charge in [0.05, 0.1) is 0 Å². The van der Waals surface area contributed by atoms with Crippen molar-refractivity contribution in [3.63, 3.8) is 0 Å². The molecule has 2 N–H and O–H groups in total. The standard InChI is InChI=1S/C14H20F2N2/c1-2-18(11-6-4-3-5-7-11)14-12(15)8-10(17)9-13(14)16/h8-9,11H,2-7,17H2,1H3. The molecule has 0 spiro atoms. The Balaban J connectivity index is 2.32. The zero-order valence-corrected chi connectivity index (χ0v) is 10.8. The van der Waals surface area contributed by atoms with Crippen LogP contribution in [-0.2, 0) is 0 Å². The van der Waals surface area contributed by atoms with Crippen LogP contribution in [0.15, 0.2) is 12.1 Å². The van der Waals surface area contributed by atoms with E-state index in [1.807, 2.05) is 11.8 Å². The van der Waals surface area contributed by atoms with Crippen molar-refractivity contribution in [2.45, 2.75) is 45.1 Å². The van der Waals surface area contributed by atoms with E-state index in [1.165, 1.54) is 18.6 Å². The monoisotopic (exact) mass is 254 g/mol. The van der Waals surface area contributed by atoms with Gasteiger partial charge in [0.1, 0.15) is 5.69 Å². The SMILES string of the molecule is CCN(c1c(F)cc(N)cc1F)C1CCCCC1. The van der Waals surface area contributed by atoms with Crippen molar-refractivity contribution in [3.05, 3.63) is 23.8 Å². The third-order valence-electron chi connectivity index (χ3n) is 3.68. The van der Waals surface area contributed by atoms with Crippen molar-refractivity contribution in [3.8, 4) is 0 Å². The first-order valence-electron chi connectivity index (χ1n) is 6.64. The Hall–Kier alpha value is -1.32. The third-order valence-corrected chi connectivity index (χ3v) is 3.68. The van der Waals surface area contributed by atoms with Crippen molar-refractivity contribution in [1.82, 2.24) is 0 Å². The number of nitrogens with zero attached hydrogens (tertiary/aromatic N) is 1. The fourth-order valence-electron chi connectivity index (χ4n) is 2.85. The molecular formula is C14H20F2N2. The van der Waals surface area contributed by atoms with Gasteiger partial charge in [-0.05, 0) is 31.9 Å². The number of benzene rings is 1. The van der Waals surface area contributed by atoms with Gasteiger partial charge >= 0.3 is 0 Å². The molecule has 2 rings (SSSR count). The van der Waals surface area contributed by atoms with Crippen molar-refractivity contribution in [2.75, 3.05) is 17.2 Å². The topological polar surface area (TPSA) is 29.3 Å². The minimum atomic E-state index is -0.556. The summed E-state index contributed by atoms with van der Waals surface area (Å²) in [5.41, 5.74) is 5.66. The Morgan fingerprint density at radius 3 is 2.22 bits per heavy atom. The fourth-order valence-corrected chi connectivity index (χ4v) is 2.85. The maximum Gasteiger partial charge on any atom is 0.151 e. The van der Waals surface area contributed by atoms with Crippen LogP contribution >= 0.6 is 0 Å². The number of nitrogen functional groups attached to an aromatic ring is 1. The molecule has 0 radical (unpaired) electrons. The molecule has 1 fully saturated rings. The summed E-state index contributed by atoms with van der Waals surface area (Å²) in [7, 11) is 0. The van der Waals surface area contributed by atoms with Gasteiger partial charge in [0.15, 0.2) is 11.6 Å². The van der Waals surface area contributed by atoms with E-state index in [-0.39, 0.29) is 17.4 Å². The van der Waals surface area contributed by atoms with Gasteiger partial charge in [0.25, 0.3) is 0 Å². The van der Waals surface area contributed by atoms with Crippen LogP contribution in [0.3, 0.4) is 0 Å². The number of nitrogens with two attached hydrogens (primary N) is 1. The minimum Gasteiger partial charge on any atom is -0.399 e. The van der Waals surface area contributed by atoms with Gasteiger partial charge in [-0.25, -0.2) is 8.78 Å². The van der Waals surface area contributed by atoms with Crippen LogP contribution in [0.2, 0.25) is 0 Å². The van der Waals surface area contributed by atoms with Gasteiger partial charge in [-0.1, -0.05) is 19.3 Å². The molecule has 2 nitrogen and oxygen atoms in total. The number of hydrogen-bond acceptors (Lipinski definition) is 2. The molecule has 1 aromatic carbocycles.